The lowest BCUT2D eigenvalue weighted by atomic mass is 10.2. The van der Waals surface area contributed by atoms with E-state index in [1.807, 2.05) is 0 Å². The summed E-state index contributed by atoms with van der Waals surface area (Å²) in [7, 11) is 0. The van der Waals surface area contributed by atoms with Gasteiger partial charge in [-0.15, -0.1) is 0 Å². The topological polar surface area (TPSA) is 129 Å². The van der Waals surface area contributed by atoms with Gasteiger partial charge in [0.05, 0.1) is 11.3 Å². The molecule has 0 fully saturated rings. The predicted octanol–water partition coefficient (Wildman–Crippen LogP) is 2.20. The van der Waals surface area contributed by atoms with Gasteiger partial charge in [-0.1, -0.05) is 12.1 Å². The van der Waals surface area contributed by atoms with Crippen molar-refractivity contribution in [2.45, 2.75) is 12.7 Å². The van der Waals surface area contributed by atoms with Gasteiger partial charge in [-0.05, 0) is 35.9 Å². The zero-order valence-corrected chi connectivity index (χ0v) is 17.0. The van der Waals surface area contributed by atoms with E-state index in [0.717, 1.165) is 12.1 Å². The van der Waals surface area contributed by atoms with Crippen molar-refractivity contribution in [2.75, 3.05) is 6.79 Å². The molecule has 2 N–H and O–H groups in total. The van der Waals surface area contributed by atoms with E-state index in [0.29, 0.717) is 40.0 Å². The van der Waals surface area contributed by atoms with E-state index in [2.05, 4.69) is 5.32 Å². The van der Waals surface area contributed by atoms with Gasteiger partial charge in [0.25, 0.3) is 5.56 Å². The van der Waals surface area contributed by atoms with Gasteiger partial charge in [0, 0.05) is 12.7 Å². The van der Waals surface area contributed by atoms with Gasteiger partial charge in [-0.3, -0.25) is 4.79 Å². The van der Waals surface area contributed by atoms with Crippen LogP contribution in [0.5, 0.6) is 11.5 Å². The molecule has 176 valence electrons. The lowest BCUT2D eigenvalue weighted by Crippen LogP contribution is -2.46. The Hall–Kier alpha value is -4.55. The second-order valence-corrected chi connectivity index (χ2v) is 7.04. The predicted molar refractivity (Wildman–Crippen MR) is 108 cm³/mol. The summed E-state index contributed by atoms with van der Waals surface area (Å²) in [6, 6.07) is 6.87. The van der Waals surface area contributed by atoms with E-state index in [1.54, 1.807) is 18.2 Å². The molecule has 0 radical (unpaired) electrons. The third kappa shape index (κ3) is 4.22. The number of carboxylic acid groups (broad SMARTS) is 1. The first kappa shape index (κ1) is 22.6. The Kier molecular flexibility index (Phi) is 5.61. The first-order valence-corrected chi connectivity index (χ1v) is 9.52. The molecule has 0 saturated heterocycles. The van der Waals surface area contributed by atoms with Gasteiger partial charge < -0.3 is 19.9 Å². The molecule has 0 atom stereocenters. The average Bonchev–Trinajstić information content (AvgIpc) is 3.25. The third-order valence-electron chi connectivity index (χ3n) is 4.85. The molecule has 1 aliphatic rings. The van der Waals surface area contributed by atoms with Gasteiger partial charge >= 0.3 is 23.9 Å². The molecule has 0 saturated carbocycles. The van der Waals surface area contributed by atoms with Crippen molar-refractivity contribution in [3.05, 3.63) is 86.2 Å². The van der Waals surface area contributed by atoms with Crippen LogP contribution in [0.15, 0.2) is 58.3 Å². The number of amides is 1. The Morgan fingerprint density at radius 1 is 1.06 bits per heavy atom. The maximum Gasteiger partial charge on any atom is 0.416 e. The van der Waals surface area contributed by atoms with Crippen molar-refractivity contribution >= 4 is 12.0 Å². The molecule has 1 amide bonds. The van der Waals surface area contributed by atoms with E-state index < -0.39 is 46.2 Å². The highest BCUT2D eigenvalue weighted by Gasteiger charge is 2.31. The largest absolute Gasteiger partial charge is 0.477 e. The standard InChI is InChI=1S/C21H14F3N3O7/c22-21(23,24)12-2-1-3-13(7-12)27-17(28)14(18(29)30)9-26(20(27)32)19(31)25-8-11-4-5-15-16(6-11)34-10-33-15/h1-7,9H,8,10H2,(H,25,31)(H,29,30). The summed E-state index contributed by atoms with van der Waals surface area (Å²) >= 11 is 0. The zero-order valence-electron chi connectivity index (χ0n) is 17.0. The number of fused-ring (bicyclic) bond motifs is 1. The normalized spacial score (nSPS) is 12.4. The minimum atomic E-state index is -4.79. The van der Waals surface area contributed by atoms with Crippen LogP contribution in [0.25, 0.3) is 5.69 Å². The molecule has 13 heteroatoms. The van der Waals surface area contributed by atoms with Crippen LogP contribution < -0.4 is 26.0 Å². The lowest BCUT2D eigenvalue weighted by Gasteiger charge is -2.13. The lowest BCUT2D eigenvalue weighted by molar-refractivity contribution is -0.137. The molecule has 4 rings (SSSR count). The fourth-order valence-electron chi connectivity index (χ4n) is 3.21. The van der Waals surface area contributed by atoms with E-state index in [-0.39, 0.29) is 17.9 Å². The number of carboxylic acids is 1. The number of hydrogen-bond donors (Lipinski definition) is 2. The number of carbonyl (C=O) groups is 2. The number of alkyl halides is 3. The molecule has 34 heavy (non-hydrogen) atoms. The smallest absolute Gasteiger partial charge is 0.416 e. The Morgan fingerprint density at radius 3 is 2.50 bits per heavy atom. The monoisotopic (exact) mass is 477 g/mol. The first-order valence-electron chi connectivity index (χ1n) is 9.52. The maximum atomic E-state index is 13.1. The van der Waals surface area contributed by atoms with Crippen molar-refractivity contribution in [1.29, 1.82) is 0 Å². The van der Waals surface area contributed by atoms with Crippen LogP contribution in [-0.4, -0.2) is 33.0 Å². The summed E-state index contributed by atoms with van der Waals surface area (Å²) in [4.78, 5) is 49.7. The van der Waals surface area contributed by atoms with E-state index in [9.17, 15) is 37.5 Å². The summed E-state index contributed by atoms with van der Waals surface area (Å²) in [6.07, 6.45) is -4.27. The molecule has 1 aromatic heterocycles. The SMILES string of the molecule is O=C(O)c1cn(C(=O)NCc2ccc3c(c2)OCO3)c(=O)n(-c2cccc(C(F)(F)F)c2)c1=O. The van der Waals surface area contributed by atoms with Crippen LogP contribution in [-0.2, 0) is 12.7 Å². The molecule has 10 nitrogen and oxygen atoms in total. The highest BCUT2D eigenvalue weighted by atomic mass is 19.4. The second kappa shape index (κ2) is 8.42. The van der Waals surface area contributed by atoms with Crippen molar-refractivity contribution in [3.8, 4) is 17.2 Å². The maximum absolute atomic E-state index is 13.1. The quantitative estimate of drug-likeness (QED) is 0.590. The number of benzene rings is 2. The Balaban J connectivity index is 1.73. The summed E-state index contributed by atoms with van der Waals surface area (Å²) in [5.74, 6) is -0.830. The fourth-order valence-corrected chi connectivity index (χ4v) is 3.21. The first-order chi connectivity index (χ1) is 16.1. The van der Waals surface area contributed by atoms with Crippen molar-refractivity contribution in [2.24, 2.45) is 0 Å². The van der Waals surface area contributed by atoms with Gasteiger partial charge in [-0.25, -0.2) is 23.5 Å². The molecular weight excluding hydrogens is 463 g/mol. The molecule has 0 aliphatic carbocycles. The Morgan fingerprint density at radius 2 is 1.79 bits per heavy atom. The number of halogens is 3. The zero-order chi connectivity index (χ0) is 24.6. The molecule has 0 spiro atoms. The summed E-state index contributed by atoms with van der Waals surface area (Å²) in [5, 5.41) is 11.7. The molecular formula is C21H14F3N3O7. The molecule has 3 aromatic rings. The van der Waals surface area contributed by atoms with Gasteiger partial charge in [0.2, 0.25) is 6.79 Å². The van der Waals surface area contributed by atoms with Crippen LogP contribution in [0.3, 0.4) is 0 Å². The van der Waals surface area contributed by atoms with Gasteiger partial charge in [0.1, 0.15) is 5.56 Å². The minimum absolute atomic E-state index is 0.0373. The van der Waals surface area contributed by atoms with E-state index >= 15 is 0 Å². The Labute approximate surface area is 187 Å². The second-order valence-electron chi connectivity index (χ2n) is 7.04. The number of ether oxygens (including phenoxy) is 2. The van der Waals surface area contributed by atoms with Crippen molar-refractivity contribution < 1.29 is 37.3 Å². The number of nitrogens with one attached hydrogen (secondary N) is 1. The Bertz CT molecular complexity index is 1430. The number of rotatable bonds is 4. The van der Waals surface area contributed by atoms with Crippen LogP contribution in [0, 0.1) is 0 Å². The fraction of sp³-hybridized carbons (Fsp3) is 0.143. The molecule has 2 heterocycles. The molecule has 0 unspecified atom stereocenters. The number of carbonyl (C=O) groups excluding carboxylic acids is 1. The number of hydrogen-bond acceptors (Lipinski definition) is 6. The highest BCUT2D eigenvalue weighted by molar-refractivity contribution is 5.88. The van der Waals surface area contributed by atoms with E-state index in [1.165, 1.54) is 0 Å². The summed E-state index contributed by atoms with van der Waals surface area (Å²) < 4.78 is 50.2. The molecule has 1 aliphatic heterocycles. The minimum Gasteiger partial charge on any atom is -0.477 e. The summed E-state index contributed by atoms with van der Waals surface area (Å²) in [5.41, 5.74) is -4.90. The summed E-state index contributed by atoms with van der Waals surface area (Å²) in [6.45, 7) is -0.0808. The van der Waals surface area contributed by atoms with E-state index in [4.69, 9.17) is 9.47 Å². The number of aromatic nitrogens is 2. The molecule has 2 aromatic carbocycles. The van der Waals surface area contributed by atoms with Crippen LogP contribution >= 0.6 is 0 Å². The van der Waals surface area contributed by atoms with Crippen LogP contribution in [0.1, 0.15) is 21.5 Å². The van der Waals surface area contributed by atoms with Crippen molar-refractivity contribution in [1.82, 2.24) is 14.5 Å². The number of nitrogens with zero attached hydrogens (tertiary/aromatic N) is 2. The van der Waals surface area contributed by atoms with Gasteiger partial charge in [-0.2, -0.15) is 13.2 Å². The van der Waals surface area contributed by atoms with Gasteiger partial charge in [0.15, 0.2) is 11.5 Å². The van der Waals surface area contributed by atoms with Crippen LogP contribution in [0.4, 0.5) is 18.0 Å². The van der Waals surface area contributed by atoms with Crippen LogP contribution in [0.2, 0.25) is 0 Å². The third-order valence-corrected chi connectivity index (χ3v) is 4.85. The average molecular weight is 477 g/mol. The molecule has 0 bridgehead atoms. The highest BCUT2D eigenvalue weighted by Crippen LogP contribution is 2.32. The number of aromatic carboxylic acids is 1. The van der Waals surface area contributed by atoms with Crippen molar-refractivity contribution in [3.63, 3.8) is 0 Å².